The van der Waals surface area contributed by atoms with Crippen molar-refractivity contribution in [2.75, 3.05) is 0 Å². The molecule has 0 bridgehead atoms. The van der Waals surface area contributed by atoms with E-state index in [-0.39, 0.29) is 6.04 Å². The average Bonchev–Trinajstić information content (AvgIpc) is 2.80. The number of halogens is 1. The summed E-state index contributed by atoms with van der Waals surface area (Å²) in [6.45, 7) is 5.16. The quantitative estimate of drug-likeness (QED) is 0.879. The first-order valence-electron chi connectivity index (χ1n) is 7.18. The molecule has 1 atom stereocenters. The van der Waals surface area contributed by atoms with Gasteiger partial charge in [-0.05, 0) is 43.5 Å². The van der Waals surface area contributed by atoms with Crippen LogP contribution in [0.5, 0.6) is 0 Å². The molecule has 2 aromatic rings. The molecule has 1 heterocycles. The van der Waals surface area contributed by atoms with Crippen molar-refractivity contribution < 1.29 is 0 Å². The Hall–Kier alpha value is -1.13. The van der Waals surface area contributed by atoms with Crippen LogP contribution in [0.3, 0.4) is 0 Å². The summed E-state index contributed by atoms with van der Waals surface area (Å²) < 4.78 is 3.17. The number of hydrogen-bond acceptors (Lipinski definition) is 2. The number of rotatable bonds is 6. The Bertz CT molecular complexity index is 563. The third kappa shape index (κ3) is 3.93. The summed E-state index contributed by atoms with van der Waals surface area (Å²) in [5, 5.41) is 4.57. The van der Waals surface area contributed by atoms with Gasteiger partial charge in [0, 0.05) is 29.2 Å². The zero-order valence-corrected chi connectivity index (χ0v) is 13.7. The largest absolute Gasteiger partial charge is 0.327 e. The summed E-state index contributed by atoms with van der Waals surface area (Å²) in [4.78, 5) is 0. The normalized spacial score (nSPS) is 12.6. The Labute approximate surface area is 129 Å². The van der Waals surface area contributed by atoms with Crippen molar-refractivity contribution in [3.63, 3.8) is 0 Å². The van der Waals surface area contributed by atoms with E-state index in [2.05, 4.69) is 63.8 Å². The van der Waals surface area contributed by atoms with E-state index in [0.29, 0.717) is 0 Å². The molecule has 0 radical (unpaired) electrons. The van der Waals surface area contributed by atoms with Crippen LogP contribution in [0.25, 0.3) is 0 Å². The fourth-order valence-corrected chi connectivity index (χ4v) is 2.88. The molecule has 2 N–H and O–H groups in total. The summed E-state index contributed by atoms with van der Waals surface area (Å²) in [6, 6.07) is 10.7. The van der Waals surface area contributed by atoms with Crippen LogP contribution in [-0.2, 0) is 25.8 Å². The highest BCUT2D eigenvalue weighted by molar-refractivity contribution is 9.10. The Morgan fingerprint density at radius 2 is 2.05 bits per heavy atom. The van der Waals surface area contributed by atoms with E-state index in [4.69, 9.17) is 5.73 Å². The van der Waals surface area contributed by atoms with Gasteiger partial charge in [0.2, 0.25) is 0 Å². The molecule has 1 unspecified atom stereocenters. The third-order valence-electron chi connectivity index (χ3n) is 3.43. The van der Waals surface area contributed by atoms with Gasteiger partial charge in [-0.15, -0.1) is 0 Å². The lowest BCUT2D eigenvalue weighted by Gasteiger charge is -2.13. The third-order valence-corrected chi connectivity index (χ3v) is 3.93. The highest BCUT2D eigenvalue weighted by Gasteiger charge is 2.11. The highest BCUT2D eigenvalue weighted by atomic mass is 79.9. The minimum absolute atomic E-state index is 0.121. The van der Waals surface area contributed by atoms with Crippen LogP contribution < -0.4 is 5.73 Å². The van der Waals surface area contributed by atoms with Crippen molar-refractivity contribution in [3.8, 4) is 0 Å². The predicted molar refractivity (Wildman–Crippen MR) is 86.8 cm³/mol. The number of benzene rings is 1. The standard InChI is InChI=1S/C16H22BrN3/c1-3-15-11-16(20(4-2)19-15)10-14(18)9-12-6-5-7-13(17)8-12/h5-8,11,14H,3-4,9-10,18H2,1-2H3. The molecule has 1 aromatic carbocycles. The van der Waals surface area contributed by atoms with Gasteiger partial charge in [-0.25, -0.2) is 0 Å². The van der Waals surface area contributed by atoms with Gasteiger partial charge < -0.3 is 5.73 Å². The average molecular weight is 336 g/mol. The Kier molecular flexibility index (Phi) is 5.38. The topological polar surface area (TPSA) is 43.8 Å². The van der Waals surface area contributed by atoms with Crippen molar-refractivity contribution in [2.24, 2.45) is 5.73 Å². The molecular weight excluding hydrogens is 314 g/mol. The van der Waals surface area contributed by atoms with Crippen molar-refractivity contribution in [2.45, 2.75) is 45.7 Å². The summed E-state index contributed by atoms with van der Waals surface area (Å²) in [5.74, 6) is 0. The van der Waals surface area contributed by atoms with E-state index >= 15 is 0 Å². The van der Waals surface area contributed by atoms with Crippen molar-refractivity contribution in [1.29, 1.82) is 0 Å². The maximum Gasteiger partial charge on any atom is 0.0624 e. The monoisotopic (exact) mass is 335 g/mol. The van der Waals surface area contributed by atoms with E-state index in [0.717, 1.165) is 36.0 Å². The van der Waals surface area contributed by atoms with Gasteiger partial charge >= 0.3 is 0 Å². The van der Waals surface area contributed by atoms with Crippen LogP contribution in [0.4, 0.5) is 0 Å². The van der Waals surface area contributed by atoms with Gasteiger partial charge in [0.05, 0.1) is 5.69 Å². The maximum atomic E-state index is 6.31. The zero-order valence-electron chi connectivity index (χ0n) is 12.1. The fourth-order valence-electron chi connectivity index (χ4n) is 2.43. The maximum absolute atomic E-state index is 6.31. The minimum atomic E-state index is 0.121. The van der Waals surface area contributed by atoms with E-state index in [1.54, 1.807) is 0 Å². The summed E-state index contributed by atoms with van der Waals surface area (Å²) in [5.41, 5.74) is 9.97. The molecule has 108 valence electrons. The Morgan fingerprint density at radius 1 is 1.25 bits per heavy atom. The molecule has 0 fully saturated rings. The van der Waals surface area contributed by atoms with Gasteiger partial charge in [-0.3, -0.25) is 4.68 Å². The number of hydrogen-bond donors (Lipinski definition) is 1. The highest BCUT2D eigenvalue weighted by Crippen LogP contribution is 2.15. The Morgan fingerprint density at radius 3 is 2.70 bits per heavy atom. The zero-order chi connectivity index (χ0) is 14.5. The molecule has 0 saturated carbocycles. The minimum Gasteiger partial charge on any atom is -0.327 e. The summed E-state index contributed by atoms with van der Waals surface area (Å²) >= 11 is 3.50. The second-order valence-corrected chi connectivity index (χ2v) is 6.01. The first-order valence-corrected chi connectivity index (χ1v) is 7.97. The lowest BCUT2D eigenvalue weighted by atomic mass is 10.0. The second-order valence-electron chi connectivity index (χ2n) is 5.09. The molecule has 0 saturated heterocycles. The lowest BCUT2D eigenvalue weighted by molar-refractivity contribution is 0.573. The fraction of sp³-hybridized carbons (Fsp3) is 0.438. The van der Waals surface area contributed by atoms with Crippen LogP contribution in [0.2, 0.25) is 0 Å². The molecule has 2 rings (SSSR count). The molecule has 0 aliphatic rings. The molecule has 0 amide bonds. The summed E-state index contributed by atoms with van der Waals surface area (Å²) in [7, 11) is 0. The summed E-state index contributed by atoms with van der Waals surface area (Å²) in [6.07, 6.45) is 2.73. The molecule has 0 spiro atoms. The Balaban J connectivity index is 2.04. The smallest absolute Gasteiger partial charge is 0.0624 e. The molecule has 3 nitrogen and oxygen atoms in total. The molecule has 0 aliphatic carbocycles. The van der Waals surface area contributed by atoms with Gasteiger partial charge in [0.1, 0.15) is 0 Å². The first-order chi connectivity index (χ1) is 9.62. The molecule has 1 aromatic heterocycles. The van der Waals surface area contributed by atoms with Crippen LogP contribution in [-0.4, -0.2) is 15.8 Å². The van der Waals surface area contributed by atoms with Gasteiger partial charge in [-0.2, -0.15) is 5.10 Å². The van der Waals surface area contributed by atoms with E-state index < -0.39 is 0 Å². The SMILES string of the molecule is CCc1cc(CC(N)Cc2cccc(Br)c2)n(CC)n1. The van der Waals surface area contributed by atoms with Crippen LogP contribution in [0.15, 0.2) is 34.8 Å². The van der Waals surface area contributed by atoms with Gasteiger partial charge in [0.15, 0.2) is 0 Å². The van der Waals surface area contributed by atoms with Gasteiger partial charge in [-0.1, -0.05) is 35.0 Å². The molecular formula is C16H22BrN3. The van der Waals surface area contributed by atoms with Crippen molar-refractivity contribution in [3.05, 3.63) is 51.8 Å². The molecule has 20 heavy (non-hydrogen) atoms. The molecule has 0 aliphatic heterocycles. The number of aryl methyl sites for hydroxylation is 2. The molecule has 4 heteroatoms. The first kappa shape index (κ1) is 15.3. The number of nitrogens with two attached hydrogens (primary N) is 1. The van der Waals surface area contributed by atoms with Crippen molar-refractivity contribution >= 4 is 15.9 Å². The predicted octanol–water partition coefficient (Wildman–Crippen LogP) is 3.34. The second kappa shape index (κ2) is 7.04. The number of aromatic nitrogens is 2. The lowest BCUT2D eigenvalue weighted by Crippen LogP contribution is -2.26. The number of nitrogens with zero attached hydrogens (tertiary/aromatic N) is 2. The van der Waals surface area contributed by atoms with Gasteiger partial charge in [0.25, 0.3) is 0 Å². The van der Waals surface area contributed by atoms with Crippen LogP contribution >= 0.6 is 15.9 Å². The van der Waals surface area contributed by atoms with Crippen LogP contribution in [0, 0.1) is 0 Å². The van der Waals surface area contributed by atoms with E-state index in [9.17, 15) is 0 Å². The van der Waals surface area contributed by atoms with Crippen LogP contribution in [0.1, 0.15) is 30.8 Å². The van der Waals surface area contributed by atoms with Crippen molar-refractivity contribution in [1.82, 2.24) is 9.78 Å². The van der Waals surface area contributed by atoms with E-state index in [1.165, 1.54) is 11.3 Å². The van der Waals surface area contributed by atoms with E-state index in [1.807, 2.05) is 6.07 Å².